The molecule has 0 aromatic rings. The first-order valence-electron chi connectivity index (χ1n) is 6.73. The molecule has 0 aliphatic carbocycles. The van der Waals surface area contributed by atoms with Gasteiger partial charge in [0, 0.05) is 39.3 Å². The van der Waals surface area contributed by atoms with Crippen LogP contribution >= 0.6 is 0 Å². The van der Waals surface area contributed by atoms with Crippen LogP contribution < -0.4 is 0 Å². The third-order valence-corrected chi connectivity index (χ3v) is 5.84. The molecule has 1 unspecified atom stereocenters. The Balaban J connectivity index is 1.94. The van der Waals surface area contributed by atoms with Gasteiger partial charge < -0.3 is 9.84 Å². The van der Waals surface area contributed by atoms with E-state index in [4.69, 9.17) is 9.84 Å². The van der Waals surface area contributed by atoms with Crippen molar-refractivity contribution in [2.45, 2.75) is 13.0 Å². The highest BCUT2D eigenvalue weighted by atomic mass is 32.2. The minimum absolute atomic E-state index is 0.331. The molecule has 8 nitrogen and oxygen atoms in total. The van der Waals surface area contributed by atoms with Crippen LogP contribution in [-0.2, 0) is 19.7 Å². The van der Waals surface area contributed by atoms with Crippen molar-refractivity contribution in [3.05, 3.63) is 0 Å². The SMILES string of the molecule is CC(C(=O)O)N1CCN(S(=O)(=O)N2CCOCC2)CC1. The molecule has 2 rings (SSSR count). The van der Waals surface area contributed by atoms with Crippen LogP contribution in [0.4, 0.5) is 0 Å². The predicted molar refractivity (Wildman–Crippen MR) is 71.6 cm³/mol. The lowest BCUT2D eigenvalue weighted by Crippen LogP contribution is -2.57. The fourth-order valence-electron chi connectivity index (χ4n) is 2.42. The third kappa shape index (κ3) is 3.29. The molecule has 2 fully saturated rings. The molecule has 2 aliphatic rings. The molecule has 0 amide bonds. The second kappa shape index (κ2) is 6.35. The zero-order chi connectivity index (χ0) is 14.8. The number of morpholine rings is 1. The van der Waals surface area contributed by atoms with Gasteiger partial charge in [0.25, 0.3) is 10.2 Å². The molecule has 1 atom stereocenters. The van der Waals surface area contributed by atoms with Gasteiger partial charge in [-0.15, -0.1) is 0 Å². The summed E-state index contributed by atoms with van der Waals surface area (Å²) < 4.78 is 32.9. The number of ether oxygens (including phenoxy) is 1. The van der Waals surface area contributed by atoms with Crippen molar-refractivity contribution >= 4 is 16.2 Å². The molecule has 0 spiro atoms. The first kappa shape index (κ1) is 15.6. The Bertz CT molecular complexity index is 441. The summed E-state index contributed by atoms with van der Waals surface area (Å²) in [6, 6.07) is -0.580. The van der Waals surface area contributed by atoms with E-state index in [-0.39, 0.29) is 0 Å². The molecular weight excluding hydrogens is 286 g/mol. The van der Waals surface area contributed by atoms with Crippen molar-refractivity contribution in [1.82, 2.24) is 13.5 Å². The number of piperazine rings is 1. The van der Waals surface area contributed by atoms with Crippen molar-refractivity contribution < 1.29 is 23.1 Å². The van der Waals surface area contributed by atoms with Gasteiger partial charge in [0.05, 0.1) is 13.2 Å². The molecule has 20 heavy (non-hydrogen) atoms. The van der Waals surface area contributed by atoms with Gasteiger partial charge in [0.2, 0.25) is 0 Å². The van der Waals surface area contributed by atoms with Crippen LogP contribution in [0.3, 0.4) is 0 Å². The van der Waals surface area contributed by atoms with Crippen LogP contribution in [0.1, 0.15) is 6.92 Å². The van der Waals surface area contributed by atoms with E-state index in [9.17, 15) is 13.2 Å². The van der Waals surface area contributed by atoms with Crippen LogP contribution in [0, 0.1) is 0 Å². The Morgan fingerprint density at radius 2 is 1.55 bits per heavy atom. The van der Waals surface area contributed by atoms with E-state index < -0.39 is 22.2 Å². The third-order valence-electron chi connectivity index (χ3n) is 3.80. The number of carbonyl (C=O) groups is 1. The lowest BCUT2D eigenvalue weighted by molar-refractivity contribution is -0.143. The average molecular weight is 307 g/mol. The maximum atomic E-state index is 12.4. The number of carboxylic acids is 1. The number of carboxylic acid groups (broad SMARTS) is 1. The number of hydrogen-bond acceptors (Lipinski definition) is 5. The fraction of sp³-hybridized carbons (Fsp3) is 0.909. The second-order valence-electron chi connectivity index (χ2n) is 4.97. The van der Waals surface area contributed by atoms with E-state index in [1.54, 1.807) is 11.8 Å². The molecule has 2 aliphatic heterocycles. The number of rotatable bonds is 4. The topological polar surface area (TPSA) is 90.4 Å². The molecule has 0 bridgehead atoms. The average Bonchev–Trinajstić information content (AvgIpc) is 2.47. The summed E-state index contributed by atoms with van der Waals surface area (Å²) in [5.74, 6) is -0.880. The Morgan fingerprint density at radius 3 is 2.05 bits per heavy atom. The highest BCUT2D eigenvalue weighted by molar-refractivity contribution is 7.86. The quantitative estimate of drug-likeness (QED) is 0.691. The van der Waals surface area contributed by atoms with Crippen molar-refractivity contribution in [2.24, 2.45) is 0 Å². The maximum Gasteiger partial charge on any atom is 0.320 e. The van der Waals surface area contributed by atoms with Gasteiger partial charge in [-0.3, -0.25) is 9.69 Å². The molecule has 0 radical (unpaired) electrons. The van der Waals surface area contributed by atoms with Gasteiger partial charge in [-0.05, 0) is 6.92 Å². The Labute approximate surface area is 119 Å². The summed E-state index contributed by atoms with van der Waals surface area (Å²) in [5.41, 5.74) is 0. The fourth-order valence-corrected chi connectivity index (χ4v) is 3.98. The van der Waals surface area contributed by atoms with Gasteiger partial charge in [-0.1, -0.05) is 0 Å². The highest BCUT2D eigenvalue weighted by Gasteiger charge is 2.34. The summed E-state index contributed by atoms with van der Waals surface area (Å²) in [4.78, 5) is 12.7. The van der Waals surface area contributed by atoms with Crippen LogP contribution in [0.25, 0.3) is 0 Å². The highest BCUT2D eigenvalue weighted by Crippen LogP contribution is 2.15. The largest absolute Gasteiger partial charge is 0.480 e. The van der Waals surface area contributed by atoms with Crippen LogP contribution in [0.2, 0.25) is 0 Å². The second-order valence-corrected chi connectivity index (χ2v) is 6.90. The Morgan fingerprint density at radius 1 is 1.05 bits per heavy atom. The normalized spacial score (nSPS) is 25.4. The molecule has 9 heteroatoms. The zero-order valence-electron chi connectivity index (χ0n) is 11.6. The number of aliphatic carboxylic acids is 1. The molecule has 116 valence electrons. The predicted octanol–water partition coefficient (Wildman–Crippen LogP) is -1.35. The summed E-state index contributed by atoms with van der Waals surface area (Å²) >= 11 is 0. The monoisotopic (exact) mass is 307 g/mol. The van der Waals surface area contributed by atoms with Crippen molar-refractivity contribution in [3.8, 4) is 0 Å². The van der Waals surface area contributed by atoms with E-state index in [2.05, 4.69) is 0 Å². The maximum absolute atomic E-state index is 12.4. The summed E-state index contributed by atoms with van der Waals surface area (Å²) in [6.45, 7) is 4.78. The summed E-state index contributed by atoms with van der Waals surface area (Å²) in [6.07, 6.45) is 0. The Hall–Kier alpha value is -0.740. The van der Waals surface area contributed by atoms with E-state index in [0.29, 0.717) is 52.5 Å². The van der Waals surface area contributed by atoms with E-state index >= 15 is 0 Å². The molecular formula is C11H21N3O5S. The molecule has 2 heterocycles. The first-order valence-corrected chi connectivity index (χ1v) is 8.12. The van der Waals surface area contributed by atoms with Crippen molar-refractivity contribution in [3.63, 3.8) is 0 Å². The Kier molecular flexibility index (Phi) is 4.97. The molecule has 1 N–H and O–H groups in total. The van der Waals surface area contributed by atoms with Gasteiger partial charge in [0.15, 0.2) is 0 Å². The lowest BCUT2D eigenvalue weighted by atomic mass is 10.2. The first-order chi connectivity index (χ1) is 9.43. The molecule has 2 saturated heterocycles. The standard InChI is InChI=1S/C11H21N3O5S/c1-10(11(15)16)12-2-4-13(5-3-12)20(17,18)14-6-8-19-9-7-14/h10H,2-9H2,1H3,(H,15,16). The summed E-state index contributed by atoms with van der Waals surface area (Å²) in [5, 5.41) is 8.97. The van der Waals surface area contributed by atoms with E-state index in [1.165, 1.54) is 8.61 Å². The minimum Gasteiger partial charge on any atom is -0.480 e. The molecule has 0 saturated carbocycles. The van der Waals surface area contributed by atoms with Gasteiger partial charge >= 0.3 is 5.97 Å². The van der Waals surface area contributed by atoms with E-state index in [0.717, 1.165) is 0 Å². The van der Waals surface area contributed by atoms with Crippen molar-refractivity contribution in [2.75, 3.05) is 52.5 Å². The van der Waals surface area contributed by atoms with Gasteiger partial charge in [0.1, 0.15) is 6.04 Å². The van der Waals surface area contributed by atoms with Crippen LogP contribution in [0.5, 0.6) is 0 Å². The number of hydrogen-bond donors (Lipinski definition) is 1. The lowest BCUT2D eigenvalue weighted by Gasteiger charge is -2.38. The number of nitrogens with zero attached hydrogens (tertiary/aromatic N) is 3. The molecule has 0 aromatic carbocycles. The van der Waals surface area contributed by atoms with Crippen LogP contribution in [-0.4, -0.2) is 91.5 Å². The summed E-state index contributed by atoms with van der Waals surface area (Å²) in [7, 11) is -3.44. The minimum atomic E-state index is -3.44. The van der Waals surface area contributed by atoms with E-state index in [1.807, 2.05) is 0 Å². The molecule has 0 aromatic heterocycles. The van der Waals surface area contributed by atoms with Gasteiger partial charge in [-0.2, -0.15) is 17.0 Å². The zero-order valence-corrected chi connectivity index (χ0v) is 12.4. The van der Waals surface area contributed by atoms with Crippen molar-refractivity contribution in [1.29, 1.82) is 0 Å². The van der Waals surface area contributed by atoms with Gasteiger partial charge in [-0.25, -0.2) is 0 Å². The smallest absolute Gasteiger partial charge is 0.320 e. The van der Waals surface area contributed by atoms with Crippen LogP contribution in [0.15, 0.2) is 0 Å².